The Morgan fingerprint density at radius 1 is 1.06 bits per heavy atom. The molecule has 0 spiro atoms. The van der Waals surface area contributed by atoms with Crippen molar-refractivity contribution in [3.63, 3.8) is 0 Å². The Morgan fingerprint density at radius 3 is 2.06 bits per heavy atom. The molecule has 17 heavy (non-hydrogen) atoms. The van der Waals surface area contributed by atoms with Crippen molar-refractivity contribution < 1.29 is 35.8 Å². The van der Waals surface area contributed by atoms with Gasteiger partial charge < -0.3 is 9.47 Å². The van der Waals surface area contributed by atoms with Crippen LogP contribution in [0.2, 0.25) is 0 Å². The van der Waals surface area contributed by atoms with E-state index in [-0.39, 0.29) is 19.4 Å². The molecule has 0 rings (SSSR count). The molecule has 0 atom stereocenters. The van der Waals surface area contributed by atoms with E-state index in [0.717, 1.165) is 6.26 Å². The summed E-state index contributed by atoms with van der Waals surface area (Å²) in [4.78, 5) is 0. The summed E-state index contributed by atoms with van der Waals surface area (Å²) in [5, 5.41) is 0. The van der Waals surface area contributed by atoms with Crippen LogP contribution in [0.1, 0.15) is 12.8 Å². The lowest BCUT2D eigenvalue weighted by atomic mass is 10.3. The fourth-order valence-electron chi connectivity index (χ4n) is 0.794. The first-order chi connectivity index (χ1) is 7.75. The molecule has 0 aliphatic carbocycles. The molecule has 0 aromatic rings. The molecule has 102 valence electrons. The highest BCUT2D eigenvalue weighted by molar-refractivity contribution is 4.79. The van der Waals surface area contributed by atoms with E-state index in [2.05, 4.69) is 16.1 Å². The summed E-state index contributed by atoms with van der Waals surface area (Å²) in [6.45, 7) is 2.60. The molecule has 0 heterocycles. The third-order valence-corrected chi connectivity index (χ3v) is 1.72. The number of unbranched alkanes of at least 4 members (excludes halogenated alkanes) is 1. The van der Waals surface area contributed by atoms with E-state index in [1.54, 1.807) is 0 Å². The molecule has 0 saturated carbocycles. The monoisotopic (exact) mass is 266 g/mol. The van der Waals surface area contributed by atoms with Gasteiger partial charge in [-0.2, -0.15) is 17.6 Å². The molecule has 0 amide bonds. The quantitative estimate of drug-likeness (QED) is 0.361. The van der Waals surface area contributed by atoms with Crippen molar-refractivity contribution in [3.8, 4) is 0 Å². The van der Waals surface area contributed by atoms with Gasteiger partial charge in [-0.25, -0.2) is 8.78 Å². The SMILES string of the molecule is C=COCCCCOC(F)(F)C(F)(F)C(F)F. The topological polar surface area (TPSA) is 18.5 Å². The van der Waals surface area contributed by atoms with Gasteiger partial charge in [0.15, 0.2) is 0 Å². The number of rotatable bonds is 9. The standard InChI is InChI=1S/C9H12F6O2/c1-2-16-5-3-4-6-17-9(14,15)8(12,13)7(10)11/h2,7H,1,3-6H2. The second-order valence-corrected chi connectivity index (χ2v) is 3.03. The second kappa shape index (κ2) is 6.73. The lowest BCUT2D eigenvalue weighted by Gasteiger charge is -2.25. The van der Waals surface area contributed by atoms with Crippen LogP contribution in [0.3, 0.4) is 0 Å². The average Bonchev–Trinajstić information content (AvgIpc) is 2.22. The highest BCUT2D eigenvalue weighted by Crippen LogP contribution is 2.39. The van der Waals surface area contributed by atoms with Gasteiger partial charge in [-0.1, -0.05) is 6.58 Å². The summed E-state index contributed by atoms with van der Waals surface area (Å²) < 4.78 is 81.0. The molecule has 0 radical (unpaired) electrons. The molecule has 0 aromatic heterocycles. The number of hydrogen-bond acceptors (Lipinski definition) is 2. The van der Waals surface area contributed by atoms with Crippen LogP contribution in [0.25, 0.3) is 0 Å². The van der Waals surface area contributed by atoms with Gasteiger partial charge >= 0.3 is 18.5 Å². The third-order valence-electron chi connectivity index (χ3n) is 1.72. The first kappa shape index (κ1) is 16.1. The first-order valence-electron chi connectivity index (χ1n) is 4.66. The maximum Gasteiger partial charge on any atom is 0.425 e. The predicted molar refractivity (Wildman–Crippen MR) is 47.2 cm³/mol. The van der Waals surface area contributed by atoms with Crippen LogP contribution in [0.5, 0.6) is 0 Å². The van der Waals surface area contributed by atoms with Crippen molar-refractivity contribution in [1.29, 1.82) is 0 Å². The molecule has 0 N–H and O–H groups in total. The van der Waals surface area contributed by atoms with Gasteiger partial charge in [-0.15, -0.1) is 0 Å². The summed E-state index contributed by atoms with van der Waals surface area (Å²) in [6.07, 6.45) is -8.31. The van der Waals surface area contributed by atoms with Gasteiger partial charge in [0.1, 0.15) is 0 Å². The summed E-state index contributed by atoms with van der Waals surface area (Å²) >= 11 is 0. The van der Waals surface area contributed by atoms with Crippen molar-refractivity contribution in [3.05, 3.63) is 12.8 Å². The molecular weight excluding hydrogens is 254 g/mol. The molecule has 8 heteroatoms. The zero-order chi connectivity index (χ0) is 13.5. The molecule has 2 nitrogen and oxygen atoms in total. The maximum atomic E-state index is 12.5. The Hall–Kier alpha value is -0.920. The van der Waals surface area contributed by atoms with Crippen LogP contribution in [-0.4, -0.2) is 31.7 Å². The summed E-state index contributed by atoms with van der Waals surface area (Å²) in [5.41, 5.74) is 0. The van der Waals surface area contributed by atoms with Crippen LogP contribution in [-0.2, 0) is 9.47 Å². The Kier molecular flexibility index (Phi) is 6.36. The van der Waals surface area contributed by atoms with Gasteiger partial charge in [-0.3, -0.25) is 0 Å². The van der Waals surface area contributed by atoms with Crippen molar-refractivity contribution in [2.75, 3.05) is 13.2 Å². The van der Waals surface area contributed by atoms with Crippen LogP contribution in [0.15, 0.2) is 12.8 Å². The second-order valence-electron chi connectivity index (χ2n) is 3.03. The van der Waals surface area contributed by atoms with E-state index >= 15 is 0 Å². The van der Waals surface area contributed by atoms with Crippen LogP contribution in [0, 0.1) is 0 Å². The Labute approximate surface area is 94.2 Å². The zero-order valence-electron chi connectivity index (χ0n) is 8.77. The van der Waals surface area contributed by atoms with Crippen molar-refractivity contribution in [1.82, 2.24) is 0 Å². The average molecular weight is 266 g/mol. The molecule has 0 aromatic carbocycles. The molecular formula is C9H12F6O2. The van der Waals surface area contributed by atoms with Gasteiger partial charge in [0, 0.05) is 0 Å². The Balaban J connectivity index is 3.97. The molecule has 0 saturated heterocycles. The minimum atomic E-state index is -5.50. The van der Waals surface area contributed by atoms with E-state index in [0.29, 0.717) is 0 Å². The van der Waals surface area contributed by atoms with E-state index in [4.69, 9.17) is 0 Å². The fraction of sp³-hybridized carbons (Fsp3) is 0.778. The van der Waals surface area contributed by atoms with Gasteiger partial charge in [0.25, 0.3) is 0 Å². The third kappa shape index (κ3) is 4.84. The number of ether oxygens (including phenoxy) is 2. The van der Waals surface area contributed by atoms with E-state index in [1.165, 1.54) is 0 Å². The molecule has 0 aliphatic heterocycles. The van der Waals surface area contributed by atoms with Crippen LogP contribution >= 0.6 is 0 Å². The van der Waals surface area contributed by atoms with Crippen LogP contribution in [0.4, 0.5) is 26.3 Å². The van der Waals surface area contributed by atoms with Crippen LogP contribution < -0.4 is 0 Å². The van der Waals surface area contributed by atoms with E-state index < -0.39 is 25.1 Å². The molecule has 0 bridgehead atoms. The minimum absolute atomic E-state index is 0.0251. The smallest absolute Gasteiger partial charge is 0.425 e. The van der Waals surface area contributed by atoms with Crippen molar-refractivity contribution in [2.45, 2.75) is 31.3 Å². The Bertz CT molecular complexity index is 232. The predicted octanol–water partition coefficient (Wildman–Crippen LogP) is 3.44. The van der Waals surface area contributed by atoms with E-state index in [1.807, 2.05) is 0 Å². The lowest BCUT2D eigenvalue weighted by molar-refractivity contribution is -0.373. The van der Waals surface area contributed by atoms with Gasteiger partial charge in [0.2, 0.25) is 0 Å². The first-order valence-corrected chi connectivity index (χ1v) is 4.66. The molecule has 0 fully saturated rings. The van der Waals surface area contributed by atoms with Gasteiger partial charge in [-0.05, 0) is 12.8 Å². The Morgan fingerprint density at radius 2 is 1.59 bits per heavy atom. The van der Waals surface area contributed by atoms with Crippen molar-refractivity contribution >= 4 is 0 Å². The minimum Gasteiger partial charge on any atom is -0.502 e. The maximum absolute atomic E-state index is 12.5. The largest absolute Gasteiger partial charge is 0.502 e. The zero-order valence-corrected chi connectivity index (χ0v) is 8.77. The fourth-order valence-corrected chi connectivity index (χ4v) is 0.794. The summed E-state index contributed by atoms with van der Waals surface area (Å²) in [5.74, 6) is -5.50. The molecule has 0 unspecified atom stereocenters. The van der Waals surface area contributed by atoms with Gasteiger partial charge in [0.05, 0.1) is 19.5 Å². The molecule has 0 aliphatic rings. The number of alkyl halides is 6. The summed E-state index contributed by atoms with van der Waals surface area (Å²) in [7, 11) is 0. The highest BCUT2D eigenvalue weighted by atomic mass is 19.3. The van der Waals surface area contributed by atoms with E-state index in [9.17, 15) is 26.3 Å². The highest BCUT2D eigenvalue weighted by Gasteiger charge is 2.64. The lowest BCUT2D eigenvalue weighted by Crippen LogP contribution is -2.48. The number of halogens is 6. The number of hydrogen-bond donors (Lipinski definition) is 0. The van der Waals surface area contributed by atoms with Crippen molar-refractivity contribution in [2.24, 2.45) is 0 Å². The normalized spacial score (nSPS) is 12.9. The summed E-state index contributed by atoms with van der Waals surface area (Å²) in [6, 6.07) is 0.